The van der Waals surface area contributed by atoms with E-state index in [1.54, 1.807) is 11.0 Å². The van der Waals surface area contributed by atoms with Crippen LogP contribution in [0, 0.1) is 10.1 Å². The molecule has 0 saturated carbocycles. The van der Waals surface area contributed by atoms with Gasteiger partial charge in [0.05, 0.1) is 21.1 Å². The van der Waals surface area contributed by atoms with Crippen molar-refractivity contribution in [2.75, 3.05) is 31.1 Å². The molecule has 0 bridgehead atoms. The first-order valence-corrected chi connectivity index (χ1v) is 9.18. The van der Waals surface area contributed by atoms with Gasteiger partial charge in [0, 0.05) is 37.3 Å². The molecule has 1 heterocycles. The van der Waals surface area contributed by atoms with Crippen LogP contribution in [0.4, 0.5) is 24.5 Å². The number of piperazine rings is 1. The van der Waals surface area contributed by atoms with Crippen molar-refractivity contribution in [3.05, 3.63) is 67.7 Å². The molecule has 1 fully saturated rings. The number of hydrogen-bond acceptors (Lipinski definition) is 4. The second-order valence-corrected chi connectivity index (χ2v) is 7.21. The van der Waals surface area contributed by atoms with E-state index in [1.165, 1.54) is 17.0 Å². The maximum Gasteiger partial charge on any atom is 0.416 e. The predicted molar refractivity (Wildman–Crippen MR) is 103 cm³/mol. The molecule has 154 valence electrons. The minimum absolute atomic E-state index is 0.0830. The normalized spacial score (nSPS) is 14.8. The molecule has 0 N–H and O–H groups in total. The molecule has 0 radical (unpaired) electrons. The Bertz CT molecular complexity index is 961. The fourth-order valence-corrected chi connectivity index (χ4v) is 3.59. The maximum absolute atomic E-state index is 12.9. The second kappa shape index (κ2) is 8.08. The summed E-state index contributed by atoms with van der Waals surface area (Å²) in [5, 5.41) is 11.9. The fraction of sp³-hybridized carbons (Fsp3) is 0.278. The van der Waals surface area contributed by atoms with E-state index < -0.39 is 22.4 Å². The molecule has 2 aromatic carbocycles. The summed E-state index contributed by atoms with van der Waals surface area (Å²) in [4.78, 5) is 26.2. The first kappa shape index (κ1) is 21.2. The predicted octanol–water partition coefficient (Wildman–Crippen LogP) is 4.88. The minimum Gasteiger partial charge on any atom is -0.362 e. The van der Waals surface area contributed by atoms with Crippen LogP contribution in [0.3, 0.4) is 0 Å². The van der Waals surface area contributed by atoms with Crippen LogP contribution in [0.2, 0.25) is 10.0 Å². The zero-order valence-electron chi connectivity index (χ0n) is 14.7. The molecule has 11 heteroatoms. The van der Waals surface area contributed by atoms with E-state index in [0.29, 0.717) is 11.1 Å². The SMILES string of the molecule is O=C(c1ccc(Cl)cc1Cl)N1CCN(c2ccc(C(F)(F)F)cc2[N+](=O)[O-])CC1. The Balaban J connectivity index is 1.77. The van der Waals surface area contributed by atoms with Gasteiger partial charge in [0.25, 0.3) is 11.6 Å². The van der Waals surface area contributed by atoms with Gasteiger partial charge in [-0.2, -0.15) is 13.2 Å². The molecule has 2 aromatic rings. The van der Waals surface area contributed by atoms with Crippen molar-refractivity contribution in [2.45, 2.75) is 6.18 Å². The lowest BCUT2D eigenvalue weighted by molar-refractivity contribution is -0.384. The molecule has 29 heavy (non-hydrogen) atoms. The Morgan fingerprint density at radius 3 is 2.24 bits per heavy atom. The topological polar surface area (TPSA) is 66.7 Å². The summed E-state index contributed by atoms with van der Waals surface area (Å²) < 4.78 is 38.6. The molecule has 0 aromatic heterocycles. The van der Waals surface area contributed by atoms with Crippen LogP contribution in [-0.2, 0) is 6.18 Å². The van der Waals surface area contributed by atoms with E-state index in [0.717, 1.165) is 12.1 Å². The maximum atomic E-state index is 12.9. The Kier molecular flexibility index (Phi) is 5.90. The summed E-state index contributed by atoms with van der Waals surface area (Å²) in [6.45, 7) is 0.915. The van der Waals surface area contributed by atoms with Crippen LogP contribution >= 0.6 is 23.2 Å². The van der Waals surface area contributed by atoms with Crippen molar-refractivity contribution < 1.29 is 22.9 Å². The Labute approximate surface area is 173 Å². The van der Waals surface area contributed by atoms with Crippen molar-refractivity contribution >= 4 is 40.5 Å². The van der Waals surface area contributed by atoms with Crippen LogP contribution in [0.15, 0.2) is 36.4 Å². The van der Waals surface area contributed by atoms with E-state index in [2.05, 4.69) is 0 Å². The lowest BCUT2D eigenvalue weighted by Crippen LogP contribution is -2.49. The molecule has 1 aliphatic rings. The van der Waals surface area contributed by atoms with Gasteiger partial charge in [-0.1, -0.05) is 23.2 Å². The minimum atomic E-state index is -4.67. The van der Waals surface area contributed by atoms with Crippen LogP contribution in [-0.4, -0.2) is 41.9 Å². The van der Waals surface area contributed by atoms with Crippen molar-refractivity contribution in [3.63, 3.8) is 0 Å². The highest BCUT2D eigenvalue weighted by Crippen LogP contribution is 2.37. The molecule has 0 atom stereocenters. The molecule has 6 nitrogen and oxygen atoms in total. The highest BCUT2D eigenvalue weighted by atomic mass is 35.5. The first-order chi connectivity index (χ1) is 13.6. The highest BCUT2D eigenvalue weighted by Gasteiger charge is 2.34. The number of amides is 1. The number of rotatable bonds is 3. The van der Waals surface area contributed by atoms with Crippen molar-refractivity contribution in [2.24, 2.45) is 0 Å². The van der Waals surface area contributed by atoms with Crippen LogP contribution in [0.1, 0.15) is 15.9 Å². The summed E-state index contributed by atoms with van der Waals surface area (Å²) >= 11 is 11.9. The number of anilines is 1. The summed E-state index contributed by atoms with van der Waals surface area (Å²) in [6, 6.07) is 6.95. The molecule has 0 aliphatic carbocycles. The average molecular weight is 448 g/mol. The van der Waals surface area contributed by atoms with E-state index in [-0.39, 0.29) is 48.4 Å². The lowest BCUT2D eigenvalue weighted by atomic mass is 10.1. The van der Waals surface area contributed by atoms with Gasteiger partial charge < -0.3 is 9.80 Å². The number of hydrogen-bond donors (Lipinski definition) is 0. The van der Waals surface area contributed by atoms with Gasteiger partial charge in [0.2, 0.25) is 0 Å². The summed E-state index contributed by atoms with van der Waals surface area (Å²) in [5.74, 6) is -0.312. The summed E-state index contributed by atoms with van der Waals surface area (Å²) in [7, 11) is 0. The van der Waals surface area contributed by atoms with Gasteiger partial charge in [-0.3, -0.25) is 14.9 Å². The molecule has 1 amide bonds. The number of carbonyl (C=O) groups is 1. The van der Waals surface area contributed by atoms with Gasteiger partial charge >= 0.3 is 6.18 Å². The zero-order chi connectivity index (χ0) is 21.3. The third-order valence-corrected chi connectivity index (χ3v) is 5.12. The van der Waals surface area contributed by atoms with Gasteiger partial charge in [-0.15, -0.1) is 0 Å². The largest absolute Gasteiger partial charge is 0.416 e. The summed E-state index contributed by atoms with van der Waals surface area (Å²) in [6.07, 6.45) is -4.67. The quantitative estimate of drug-likeness (QED) is 0.496. The standard InChI is InChI=1S/C18H14Cl2F3N3O3/c19-12-2-3-13(14(20)10-12)17(27)25-7-5-24(6-8-25)15-4-1-11(18(21,22)23)9-16(15)26(28)29/h1-4,9-10H,5-8H2. The third kappa shape index (κ3) is 4.56. The van der Waals surface area contributed by atoms with E-state index in [1.807, 2.05) is 0 Å². The number of carbonyl (C=O) groups excluding carboxylic acids is 1. The molecule has 3 rings (SSSR count). The molecule has 1 aliphatic heterocycles. The average Bonchev–Trinajstić information content (AvgIpc) is 2.66. The van der Waals surface area contributed by atoms with Crippen molar-refractivity contribution in [3.8, 4) is 0 Å². The molecular formula is C18H14Cl2F3N3O3. The monoisotopic (exact) mass is 447 g/mol. The third-order valence-electron chi connectivity index (χ3n) is 4.57. The van der Waals surface area contributed by atoms with Crippen LogP contribution in [0.5, 0.6) is 0 Å². The second-order valence-electron chi connectivity index (χ2n) is 6.36. The van der Waals surface area contributed by atoms with Crippen molar-refractivity contribution in [1.82, 2.24) is 4.90 Å². The van der Waals surface area contributed by atoms with E-state index in [4.69, 9.17) is 23.2 Å². The first-order valence-electron chi connectivity index (χ1n) is 8.43. The smallest absolute Gasteiger partial charge is 0.362 e. The van der Waals surface area contributed by atoms with Gasteiger partial charge in [0.15, 0.2) is 0 Å². The number of halogens is 5. The summed E-state index contributed by atoms with van der Waals surface area (Å²) in [5.41, 5.74) is -1.34. The highest BCUT2D eigenvalue weighted by molar-refractivity contribution is 6.36. The Morgan fingerprint density at radius 1 is 1.03 bits per heavy atom. The fourth-order valence-electron chi connectivity index (χ4n) is 3.10. The number of benzene rings is 2. The zero-order valence-corrected chi connectivity index (χ0v) is 16.3. The van der Waals surface area contributed by atoms with E-state index in [9.17, 15) is 28.1 Å². The Morgan fingerprint density at radius 2 is 1.69 bits per heavy atom. The molecule has 0 spiro atoms. The van der Waals surface area contributed by atoms with E-state index >= 15 is 0 Å². The van der Waals surface area contributed by atoms with Gasteiger partial charge in [0.1, 0.15) is 5.69 Å². The lowest BCUT2D eigenvalue weighted by Gasteiger charge is -2.36. The van der Waals surface area contributed by atoms with Crippen LogP contribution < -0.4 is 4.90 Å². The van der Waals surface area contributed by atoms with Gasteiger partial charge in [-0.25, -0.2) is 0 Å². The number of nitro benzene ring substituents is 1. The van der Waals surface area contributed by atoms with Gasteiger partial charge in [-0.05, 0) is 30.3 Å². The number of nitro groups is 1. The Hall–Kier alpha value is -2.52. The molecule has 1 saturated heterocycles. The van der Waals surface area contributed by atoms with Crippen molar-refractivity contribution in [1.29, 1.82) is 0 Å². The molecular weight excluding hydrogens is 434 g/mol. The number of nitrogens with zero attached hydrogens (tertiary/aromatic N) is 3. The number of alkyl halides is 3. The van der Waals surface area contributed by atoms with Crippen LogP contribution in [0.25, 0.3) is 0 Å². The molecule has 0 unspecified atom stereocenters.